The molecule has 14 aromatic carbocycles. The lowest BCUT2D eigenvalue weighted by Crippen LogP contribution is -2.08. The fourth-order valence-corrected chi connectivity index (χ4v) is 15.9. The molecule has 0 unspecified atom stereocenters. The molecule has 0 bridgehead atoms. The zero-order valence-electron chi connectivity index (χ0n) is 51.1. The fraction of sp³-hybridized carbons (Fsp3) is 0. The quantitative estimate of drug-likeness (QED) is 0.0660. The number of para-hydroxylation sites is 8. The average Bonchev–Trinajstić information content (AvgIpc) is 1.66. The predicted molar refractivity (Wildman–Crippen MR) is 384 cm³/mol. The summed E-state index contributed by atoms with van der Waals surface area (Å²) >= 11 is 0. The lowest BCUT2D eigenvalue weighted by Gasteiger charge is -2.21. The molecule has 6 aromatic heterocycles. The molecule has 0 fully saturated rings. The van der Waals surface area contributed by atoms with Crippen LogP contribution in [0.2, 0.25) is 0 Å². The minimum Gasteiger partial charge on any atom is -0.309 e. The van der Waals surface area contributed by atoms with Crippen molar-refractivity contribution in [2.45, 2.75) is 0 Å². The van der Waals surface area contributed by atoms with E-state index in [1.807, 2.05) is 102 Å². The fourth-order valence-electron chi connectivity index (χ4n) is 15.9. The van der Waals surface area contributed by atoms with Crippen molar-refractivity contribution >= 4 is 137 Å². The molecule has 0 saturated heterocycles. The van der Waals surface area contributed by atoms with Crippen molar-refractivity contribution in [1.82, 2.24) is 27.4 Å². The van der Waals surface area contributed by atoms with E-state index in [1.165, 1.54) is 6.07 Å². The second-order valence-corrected chi connectivity index (χ2v) is 24.9. The van der Waals surface area contributed by atoms with E-state index in [4.69, 9.17) is 6.57 Å². The monoisotopic (exact) mass is 1260 g/mol. The van der Waals surface area contributed by atoms with Crippen LogP contribution in [0.1, 0.15) is 0 Å². The third kappa shape index (κ3) is 7.53. The van der Waals surface area contributed by atoms with Gasteiger partial charge in [0, 0.05) is 92.9 Å². The molecule has 0 atom stereocenters. The average molecular weight is 1260 g/mol. The minimum absolute atomic E-state index is 0.272. The third-order valence-electron chi connectivity index (χ3n) is 20.0. The number of rotatable bonds is 7. The van der Waals surface area contributed by atoms with E-state index in [0.717, 1.165) is 132 Å². The first-order chi connectivity index (χ1) is 47.7. The third-order valence-corrected chi connectivity index (χ3v) is 20.0. The SMILES string of the molecule is [C-]#[N+]c1cc(-n2c3cc(-n4c5ccccc5c5ccccc54)ccc3c3ccc(-n4c5ccccc5c5ccccc54)cc32)c(-n2c3cc(-n4c5ccccc5c5ccccc54)ccc3c3ccc(-n4c5ccccc5c5ccccc54)cc32)cc1-c1c(F)c(F)c(F)c(F)c1F. The van der Waals surface area contributed by atoms with Gasteiger partial charge in [-0.2, -0.15) is 0 Å². The highest BCUT2D eigenvalue weighted by molar-refractivity contribution is 6.17. The maximum Gasteiger partial charge on any atom is 0.200 e. The van der Waals surface area contributed by atoms with E-state index < -0.39 is 40.2 Å². The van der Waals surface area contributed by atoms with Crippen LogP contribution in [-0.4, -0.2) is 27.4 Å². The lowest BCUT2D eigenvalue weighted by atomic mass is 9.99. The molecule has 0 aliphatic heterocycles. The van der Waals surface area contributed by atoms with Crippen LogP contribution in [0.15, 0.2) is 279 Å². The molecule has 0 spiro atoms. The Labute approximate surface area is 547 Å². The van der Waals surface area contributed by atoms with Crippen LogP contribution < -0.4 is 0 Å². The number of nitrogens with zero attached hydrogens (tertiary/aromatic N) is 7. The van der Waals surface area contributed by atoms with Gasteiger partial charge in [0.25, 0.3) is 0 Å². The highest BCUT2D eigenvalue weighted by Gasteiger charge is 2.32. The van der Waals surface area contributed by atoms with Crippen molar-refractivity contribution in [3.63, 3.8) is 0 Å². The van der Waals surface area contributed by atoms with Crippen molar-refractivity contribution in [2.75, 3.05) is 0 Å². The maximum atomic E-state index is 17.1. The Morgan fingerprint density at radius 1 is 0.216 bits per heavy atom. The molecule has 20 rings (SSSR count). The summed E-state index contributed by atoms with van der Waals surface area (Å²) in [6.07, 6.45) is 0. The van der Waals surface area contributed by atoms with E-state index in [1.54, 1.807) is 6.07 Å². The molecule has 0 N–H and O–H groups in total. The molecule has 20 aromatic rings. The van der Waals surface area contributed by atoms with Crippen LogP contribution in [-0.2, 0) is 0 Å². The van der Waals surface area contributed by atoms with E-state index in [-0.39, 0.29) is 11.4 Å². The van der Waals surface area contributed by atoms with Crippen LogP contribution in [0, 0.1) is 35.7 Å². The Hall–Kier alpha value is -13.0. The van der Waals surface area contributed by atoms with Gasteiger partial charge in [0.05, 0.1) is 84.1 Å². The Balaban J connectivity index is 0.978. The largest absolute Gasteiger partial charge is 0.309 e. The van der Waals surface area contributed by atoms with Gasteiger partial charge in [0.1, 0.15) is 0 Å². The van der Waals surface area contributed by atoms with Gasteiger partial charge in [0.2, 0.25) is 5.82 Å². The first-order valence-electron chi connectivity index (χ1n) is 31.9. The van der Waals surface area contributed by atoms with E-state index in [0.29, 0.717) is 27.8 Å². The van der Waals surface area contributed by atoms with Crippen molar-refractivity contribution in [3.8, 4) is 45.3 Å². The second-order valence-electron chi connectivity index (χ2n) is 24.9. The number of halogens is 5. The van der Waals surface area contributed by atoms with E-state index in [2.05, 4.69) is 198 Å². The van der Waals surface area contributed by atoms with E-state index >= 15 is 22.0 Å². The van der Waals surface area contributed by atoms with Gasteiger partial charge in [-0.1, -0.05) is 170 Å². The molecule has 456 valence electrons. The summed E-state index contributed by atoms with van der Waals surface area (Å²) in [5.41, 5.74) is 12.2. The smallest absolute Gasteiger partial charge is 0.200 e. The molecular formula is C85H46F5N7. The van der Waals surface area contributed by atoms with Crippen molar-refractivity contribution in [2.24, 2.45) is 0 Å². The Bertz CT molecular complexity index is 6340. The molecule has 97 heavy (non-hydrogen) atoms. The zero-order valence-corrected chi connectivity index (χ0v) is 51.1. The number of fused-ring (bicyclic) bond motifs is 18. The van der Waals surface area contributed by atoms with Crippen molar-refractivity contribution < 1.29 is 22.0 Å². The molecule has 0 aliphatic rings. The second kappa shape index (κ2) is 20.3. The highest BCUT2D eigenvalue weighted by atomic mass is 19.2. The van der Waals surface area contributed by atoms with Crippen LogP contribution >= 0.6 is 0 Å². The molecule has 0 aliphatic carbocycles. The predicted octanol–water partition coefficient (Wildman–Crippen LogP) is 23.2. The summed E-state index contributed by atoms with van der Waals surface area (Å²) in [4.78, 5) is 3.99. The summed E-state index contributed by atoms with van der Waals surface area (Å²) in [5, 5.41) is 11.7. The van der Waals surface area contributed by atoms with Gasteiger partial charge < -0.3 is 27.4 Å². The van der Waals surface area contributed by atoms with E-state index in [9.17, 15) is 0 Å². The minimum atomic E-state index is -2.30. The van der Waals surface area contributed by atoms with Crippen LogP contribution in [0.3, 0.4) is 0 Å². The molecule has 0 saturated carbocycles. The number of benzene rings is 14. The Kier molecular flexibility index (Phi) is 11.4. The van der Waals surface area contributed by atoms with Gasteiger partial charge in [-0.25, -0.2) is 26.8 Å². The van der Waals surface area contributed by atoms with Gasteiger partial charge in [-0.3, -0.25) is 0 Å². The molecule has 7 nitrogen and oxygen atoms in total. The van der Waals surface area contributed by atoms with Crippen LogP contribution in [0.5, 0.6) is 0 Å². The first kappa shape index (κ1) is 54.6. The number of hydrogen-bond donors (Lipinski definition) is 0. The summed E-state index contributed by atoms with van der Waals surface area (Å²) in [6, 6.07) is 94.4. The standard InChI is InChI=1S/C85H46F5N7/c1-91-65-47-79(97-76-44-50(94-70-30-14-6-22-56(70)57-23-7-15-31-71(57)94)36-40-62(76)63-41-37-51(45-77(63)97)95-72-32-16-8-24-58(72)59-25-9-17-33-73(59)95)78(46-64(65)80-81(86)83(88)85(90)84(89)82(80)87)96-74-42-48(92-66-26-10-2-18-52(66)53-19-3-11-27-67(53)92)34-38-60(74)61-39-35-49(43-75(61)96)93-68-28-12-4-20-54(68)55-21-5-13-29-69(55)93/h2-47H. The highest BCUT2D eigenvalue weighted by Crippen LogP contribution is 2.48. The molecular weight excluding hydrogens is 1210 g/mol. The molecule has 6 heterocycles. The van der Waals surface area contributed by atoms with Gasteiger partial charge in [-0.15, -0.1) is 0 Å². The molecule has 0 radical (unpaired) electrons. The lowest BCUT2D eigenvalue weighted by molar-refractivity contribution is 0.381. The normalized spacial score (nSPS) is 12.2. The summed E-state index contributed by atoms with van der Waals surface area (Å²) < 4.78 is 94.6. The van der Waals surface area contributed by atoms with Crippen LogP contribution in [0.4, 0.5) is 27.6 Å². The molecule has 0 amide bonds. The van der Waals surface area contributed by atoms with Crippen molar-refractivity contribution in [3.05, 3.63) is 320 Å². The van der Waals surface area contributed by atoms with Gasteiger partial charge >= 0.3 is 0 Å². The molecule has 12 heteroatoms. The summed E-state index contributed by atoms with van der Waals surface area (Å²) in [7, 11) is 0. The zero-order chi connectivity index (χ0) is 64.6. The topological polar surface area (TPSA) is 33.9 Å². The van der Waals surface area contributed by atoms with Crippen molar-refractivity contribution in [1.29, 1.82) is 0 Å². The summed E-state index contributed by atoms with van der Waals surface area (Å²) in [5.74, 6) is -10.7. The Morgan fingerprint density at radius 2 is 0.433 bits per heavy atom. The van der Waals surface area contributed by atoms with Crippen LogP contribution in [0.25, 0.3) is 181 Å². The first-order valence-corrected chi connectivity index (χ1v) is 31.9. The van der Waals surface area contributed by atoms with Gasteiger partial charge in [0.15, 0.2) is 29.0 Å². The number of aromatic nitrogens is 6. The Morgan fingerprint density at radius 3 is 0.680 bits per heavy atom. The number of hydrogen-bond acceptors (Lipinski definition) is 0. The van der Waals surface area contributed by atoms with Gasteiger partial charge in [-0.05, 0) is 115 Å². The summed E-state index contributed by atoms with van der Waals surface area (Å²) in [6.45, 7) is 9.01. The maximum absolute atomic E-state index is 17.1.